The molecule has 0 aromatic rings. The highest BCUT2D eigenvalue weighted by Crippen LogP contribution is 1.99. The highest BCUT2D eigenvalue weighted by atomic mass is 35.5. The van der Waals surface area contributed by atoms with E-state index >= 15 is 0 Å². The Morgan fingerprint density at radius 1 is 1.89 bits per heavy atom. The molecule has 0 spiro atoms. The molecule has 0 aliphatic carbocycles. The van der Waals surface area contributed by atoms with E-state index in [-0.39, 0.29) is 0 Å². The first kappa shape index (κ1) is 6.38. The Labute approximate surface area is 57.9 Å². The average molecular weight is 147 g/mol. The smallest absolute Gasteiger partial charge is 0.154 e. The zero-order valence-electron chi connectivity index (χ0n) is 4.93. The van der Waals surface area contributed by atoms with Crippen molar-refractivity contribution >= 4 is 16.8 Å². The lowest BCUT2D eigenvalue weighted by molar-refractivity contribution is 0.227. The lowest BCUT2D eigenvalue weighted by atomic mass is 10.4. The fourth-order valence-electron chi connectivity index (χ4n) is 0.548. The third-order valence-electron chi connectivity index (χ3n) is 0.830. The standard InChI is InChI=1S/C4H7ClN4/c1-3-2-4(5)8-9(6)7-3/h2,7H,6H2,1H3. The molecule has 0 aromatic carbocycles. The van der Waals surface area contributed by atoms with E-state index in [1.54, 1.807) is 6.08 Å². The highest BCUT2D eigenvalue weighted by Gasteiger charge is 2.02. The van der Waals surface area contributed by atoms with Gasteiger partial charge in [-0.2, -0.15) is 0 Å². The van der Waals surface area contributed by atoms with Crippen LogP contribution in [0.25, 0.3) is 0 Å². The van der Waals surface area contributed by atoms with Crippen LogP contribution in [0, 0.1) is 0 Å². The minimum Gasteiger partial charge on any atom is -0.272 e. The van der Waals surface area contributed by atoms with Crippen molar-refractivity contribution in [2.75, 3.05) is 0 Å². The van der Waals surface area contributed by atoms with E-state index in [0.29, 0.717) is 5.17 Å². The minimum atomic E-state index is 0.383. The van der Waals surface area contributed by atoms with Crippen molar-refractivity contribution in [1.29, 1.82) is 0 Å². The van der Waals surface area contributed by atoms with E-state index in [0.717, 1.165) is 10.9 Å². The van der Waals surface area contributed by atoms with E-state index in [1.165, 1.54) is 0 Å². The number of hydrogen-bond acceptors (Lipinski definition) is 4. The van der Waals surface area contributed by atoms with E-state index in [2.05, 4.69) is 10.5 Å². The predicted octanol–water partition coefficient (Wildman–Crippen LogP) is 0.136. The topological polar surface area (TPSA) is 53.6 Å². The molecule has 9 heavy (non-hydrogen) atoms. The number of halogens is 1. The molecule has 0 atom stereocenters. The van der Waals surface area contributed by atoms with Crippen LogP contribution in [0.15, 0.2) is 16.9 Å². The quantitative estimate of drug-likeness (QED) is 0.478. The number of hydrogen-bond donors (Lipinski definition) is 2. The maximum Gasteiger partial charge on any atom is 0.154 e. The summed E-state index contributed by atoms with van der Waals surface area (Å²) in [6.45, 7) is 1.84. The normalized spacial score (nSPS) is 18.3. The Morgan fingerprint density at radius 3 is 3.00 bits per heavy atom. The molecule has 1 rings (SSSR count). The number of allylic oxidation sites excluding steroid dienone is 2. The van der Waals surface area contributed by atoms with Crippen molar-refractivity contribution in [2.24, 2.45) is 10.9 Å². The van der Waals surface area contributed by atoms with Crippen LogP contribution in [-0.2, 0) is 0 Å². The van der Waals surface area contributed by atoms with Gasteiger partial charge in [0, 0.05) is 5.70 Å². The predicted molar refractivity (Wildman–Crippen MR) is 36.2 cm³/mol. The van der Waals surface area contributed by atoms with Gasteiger partial charge < -0.3 is 0 Å². The van der Waals surface area contributed by atoms with Crippen LogP contribution in [-0.4, -0.2) is 10.4 Å². The van der Waals surface area contributed by atoms with Gasteiger partial charge in [-0.05, 0) is 13.0 Å². The van der Waals surface area contributed by atoms with Crippen LogP contribution < -0.4 is 11.3 Å². The summed E-state index contributed by atoms with van der Waals surface area (Å²) in [5.74, 6) is 5.22. The summed E-state index contributed by atoms with van der Waals surface area (Å²) in [5.41, 5.74) is 3.58. The van der Waals surface area contributed by atoms with Crippen molar-refractivity contribution in [2.45, 2.75) is 6.92 Å². The van der Waals surface area contributed by atoms with E-state index in [4.69, 9.17) is 17.4 Å². The van der Waals surface area contributed by atoms with Crippen molar-refractivity contribution < 1.29 is 0 Å². The summed E-state index contributed by atoms with van der Waals surface area (Å²) in [7, 11) is 0. The van der Waals surface area contributed by atoms with Gasteiger partial charge >= 0.3 is 0 Å². The molecule has 3 N–H and O–H groups in total. The van der Waals surface area contributed by atoms with E-state index in [1.807, 2.05) is 6.92 Å². The van der Waals surface area contributed by atoms with Crippen molar-refractivity contribution in [3.8, 4) is 0 Å². The molecule has 0 bridgehead atoms. The summed E-state index contributed by atoms with van der Waals surface area (Å²) < 4.78 is 0. The van der Waals surface area contributed by atoms with Gasteiger partial charge in [-0.25, -0.2) is 5.84 Å². The molecule has 0 amide bonds. The van der Waals surface area contributed by atoms with Gasteiger partial charge in [0.2, 0.25) is 0 Å². The molecule has 5 heteroatoms. The molecule has 0 saturated heterocycles. The van der Waals surface area contributed by atoms with Gasteiger partial charge in [0.05, 0.1) is 0 Å². The molecular formula is C4H7ClN4. The van der Waals surface area contributed by atoms with Crippen LogP contribution in [0.1, 0.15) is 6.92 Å². The van der Waals surface area contributed by atoms with Crippen molar-refractivity contribution in [3.05, 3.63) is 11.8 Å². The monoisotopic (exact) mass is 146 g/mol. The SMILES string of the molecule is CC1=CC(Cl)=NN(N)N1. The second-order valence-electron chi connectivity index (χ2n) is 1.71. The second-order valence-corrected chi connectivity index (χ2v) is 2.09. The molecule has 0 unspecified atom stereocenters. The fourth-order valence-corrected chi connectivity index (χ4v) is 0.794. The van der Waals surface area contributed by atoms with E-state index in [9.17, 15) is 0 Å². The zero-order valence-corrected chi connectivity index (χ0v) is 5.68. The number of nitrogens with zero attached hydrogens (tertiary/aromatic N) is 2. The summed E-state index contributed by atoms with van der Waals surface area (Å²) in [4.78, 5) is 0. The number of hydrazine groups is 2. The fraction of sp³-hybridized carbons (Fsp3) is 0.250. The minimum absolute atomic E-state index is 0.383. The first-order chi connectivity index (χ1) is 4.18. The maximum absolute atomic E-state index is 5.52. The third-order valence-corrected chi connectivity index (χ3v) is 1.01. The summed E-state index contributed by atoms with van der Waals surface area (Å²) >= 11 is 5.52. The molecule has 0 radical (unpaired) electrons. The average Bonchev–Trinajstić information content (AvgIpc) is 1.59. The first-order valence-corrected chi connectivity index (χ1v) is 2.80. The van der Waals surface area contributed by atoms with Crippen LogP contribution in [0.4, 0.5) is 0 Å². The molecule has 4 nitrogen and oxygen atoms in total. The van der Waals surface area contributed by atoms with E-state index < -0.39 is 0 Å². The molecular weight excluding hydrogens is 140 g/mol. The molecule has 0 aromatic heterocycles. The lowest BCUT2D eigenvalue weighted by Gasteiger charge is -2.18. The Balaban J connectivity index is 2.74. The van der Waals surface area contributed by atoms with Crippen LogP contribution >= 0.6 is 11.6 Å². The van der Waals surface area contributed by atoms with Gasteiger partial charge in [-0.15, -0.1) is 10.3 Å². The Morgan fingerprint density at radius 2 is 2.56 bits per heavy atom. The van der Waals surface area contributed by atoms with Gasteiger partial charge in [-0.1, -0.05) is 11.6 Å². The van der Waals surface area contributed by atoms with Crippen molar-refractivity contribution in [3.63, 3.8) is 0 Å². The largest absolute Gasteiger partial charge is 0.272 e. The number of hydrazone groups is 1. The summed E-state index contributed by atoms with van der Waals surface area (Å²) in [6, 6.07) is 0. The molecule has 1 aliphatic rings. The maximum atomic E-state index is 5.52. The number of nitrogens with one attached hydrogen (secondary N) is 1. The van der Waals surface area contributed by atoms with Crippen LogP contribution in [0.3, 0.4) is 0 Å². The zero-order chi connectivity index (χ0) is 6.85. The molecule has 1 heterocycles. The summed E-state index contributed by atoms with van der Waals surface area (Å²) in [5, 5.41) is 5.09. The van der Waals surface area contributed by atoms with Crippen LogP contribution in [0.2, 0.25) is 0 Å². The van der Waals surface area contributed by atoms with Gasteiger partial charge in [-0.3, -0.25) is 5.43 Å². The van der Waals surface area contributed by atoms with Gasteiger partial charge in [0.25, 0.3) is 0 Å². The number of nitrogens with two attached hydrogens (primary N) is 1. The van der Waals surface area contributed by atoms with Crippen molar-refractivity contribution in [1.82, 2.24) is 10.7 Å². The molecule has 1 aliphatic heterocycles. The summed E-state index contributed by atoms with van der Waals surface area (Å²) in [6.07, 6.45) is 1.69. The Bertz CT molecular complexity index is 173. The second kappa shape index (κ2) is 2.24. The molecule has 0 fully saturated rings. The van der Waals surface area contributed by atoms with Crippen LogP contribution in [0.5, 0.6) is 0 Å². The Kier molecular flexibility index (Phi) is 1.59. The van der Waals surface area contributed by atoms with Gasteiger partial charge in [0.1, 0.15) is 0 Å². The lowest BCUT2D eigenvalue weighted by Crippen LogP contribution is -2.40. The first-order valence-electron chi connectivity index (χ1n) is 2.42. The Hall–Kier alpha value is -0.740. The molecule has 0 saturated carbocycles. The number of rotatable bonds is 0. The molecule has 50 valence electrons. The third kappa shape index (κ3) is 1.58. The highest BCUT2D eigenvalue weighted by molar-refractivity contribution is 6.68. The van der Waals surface area contributed by atoms with Gasteiger partial charge in [0.15, 0.2) is 5.17 Å².